The van der Waals surface area contributed by atoms with E-state index in [0.29, 0.717) is 47.6 Å². The number of aromatic nitrogens is 3. The Labute approximate surface area is 430 Å². The van der Waals surface area contributed by atoms with Crippen molar-refractivity contribution in [2.24, 2.45) is 11.8 Å². The van der Waals surface area contributed by atoms with Gasteiger partial charge in [0.1, 0.15) is 24.3 Å². The first-order chi connectivity index (χ1) is 35.5. The molecule has 0 saturated carbocycles. The minimum absolute atomic E-state index is 0.0669. The first-order valence-electron chi connectivity index (χ1n) is 27.0. The molecule has 10 rings (SSSR count). The van der Waals surface area contributed by atoms with E-state index in [1.54, 1.807) is 12.1 Å². The maximum atomic E-state index is 14.2. The number of phenolic OH excluding ortho intramolecular Hbond substituents is 1. The molecule has 2 aromatic heterocycles. The van der Waals surface area contributed by atoms with Crippen molar-refractivity contribution in [3.63, 3.8) is 0 Å². The van der Waals surface area contributed by atoms with Gasteiger partial charge in [0, 0.05) is 81.5 Å². The fourth-order valence-electron chi connectivity index (χ4n) is 12.6. The largest absolute Gasteiger partial charge is 0.507 e. The summed E-state index contributed by atoms with van der Waals surface area (Å²) in [5.41, 5.74) is 4.14. The Morgan fingerprint density at radius 2 is 1.58 bits per heavy atom. The van der Waals surface area contributed by atoms with Crippen molar-refractivity contribution in [2.75, 3.05) is 102 Å². The average Bonchev–Trinajstić information content (AvgIpc) is 4.05. The van der Waals surface area contributed by atoms with E-state index < -0.39 is 18.1 Å². The number of hydrogen-bond acceptors (Lipinski definition) is 15. The molecule has 4 aromatic rings. The van der Waals surface area contributed by atoms with Crippen molar-refractivity contribution in [1.82, 2.24) is 45.2 Å². The SMILES string of the molecule is C#Cc1ccc([C@H](C)NC(=O)[C@@H]2C[C@@H](O)CN2C(=O)[C@@H](c2cc(OCCN3CCC(N4CCC(N5CCC(CN6CCN7c8cc(-c9ccccc9O)nnc8NC[C@H]7C6)CC5)CC4)CC3)no2)C(C)C)cc1. The van der Waals surface area contributed by atoms with Gasteiger partial charge in [-0.25, -0.2) is 0 Å². The number of phenols is 1. The van der Waals surface area contributed by atoms with Gasteiger partial charge in [0.15, 0.2) is 11.6 Å². The Kier molecular flexibility index (Phi) is 15.8. The van der Waals surface area contributed by atoms with E-state index in [1.165, 1.54) is 63.3 Å². The zero-order valence-corrected chi connectivity index (χ0v) is 42.9. The van der Waals surface area contributed by atoms with E-state index in [0.717, 1.165) is 87.2 Å². The minimum Gasteiger partial charge on any atom is -0.507 e. The summed E-state index contributed by atoms with van der Waals surface area (Å²) < 4.78 is 11.8. The topological polar surface area (TPSA) is 179 Å². The van der Waals surface area contributed by atoms with Gasteiger partial charge in [-0.15, -0.1) is 16.6 Å². The molecule has 0 unspecified atom stereocenters. The molecule has 390 valence electrons. The summed E-state index contributed by atoms with van der Waals surface area (Å²) in [4.78, 5) is 42.4. The second kappa shape index (κ2) is 22.8. The van der Waals surface area contributed by atoms with Crippen molar-refractivity contribution in [3.05, 3.63) is 77.6 Å². The van der Waals surface area contributed by atoms with Crippen LogP contribution >= 0.6 is 0 Å². The first kappa shape index (κ1) is 50.7. The summed E-state index contributed by atoms with van der Waals surface area (Å²) in [7, 11) is 0. The minimum atomic E-state index is -0.813. The van der Waals surface area contributed by atoms with Gasteiger partial charge < -0.3 is 49.7 Å². The zero-order chi connectivity index (χ0) is 50.6. The number of ether oxygens (including phenoxy) is 1. The van der Waals surface area contributed by atoms with Gasteiger partial charge >= 0.3 is 0 Å². The molecule has 17 heteroatoms. The monoisotopic (exact) mass is 998 g/mol. The molecule has 17 nitrogen and oxygen atoms in total. The van der Waals surface area contributed by atoms with Gasteiger partial charge in [0.05, 0.1) is 29.6 Å². The third-order valence-electron chi connectivity index (χ3n) is 16.8. The van der Waals surface area contributed by atoms with E-state index >= 15 is 0 Å². The van der Waals surface area contributed by atoms with Crippen LogP contribution in [-0.2, 0) is 9.59 Å². The molecule has 4 N–H and O–H groups in total. The summed E-state index contributed by atoms with van der Waals surface area (Å²) >= 11 is 0. The summed E-state index contributed by atoms with van der Waals surface area (Å²) in [5.74, 6) is 3.69. The van der Waals surface area contributed by atoms with Gasteiger partial charge in [-0.2, -0.15) is 0 Å². The predicted molar refractivity (Wildman–Crippen MR) is 280 cm³/mol. The number of hydrogen-bond donors (Lipinski definition) is 4. The Balaban J connectivity index is 0.617. The van der Waals surface area contributed by atoms with Crippen LogP contribution in [0.2, 0.25) is 0 Å². The number of amides is 2. The number of carbonyl (C=O) groups excluding carboxylic acids is 2. The van der Waals surface area contributed by atoms with Crippen LogP contribution < -0.4 is 20.3 Å². The second-order valence-electron chi connectivity index (χ2n) is 21.8. The molecular formula is C56H75N11O6. The normalized spacial score (nSPS) is 23.9. The van der Waals surface area contributed by atoms with E-state index in [1.807, 2.05) is 63.2 Å². The van der Waals surface area contributed by atoms with E-state index in [-0.39, 0.29) is 42.5 Å². The van der Waals surface area contributed by atoms with Crippen LogP contribution in [0.15, 0.2) is 65.2 Å². The average molecular weight is 998 g/mol. The molecule has 0 bridgehead atoms. The number of nitrogens with zero attached hydrogens (tertiary/aromatic N) is 9. The van der Waals surface area contributed by atoms with E-state index in [9.17, 15) is 19.8 Å². The number of likely N-dealkylation sites (tertiary alicyclic amines) is 4. The maximum Gasteiger partial charge on any atom is 0.254 e. The number of carbonyl (C=O) groups is 2. The molecule has 2 amide bonds. The number of aromatic hydroxyl groups is 1. The number of anilines is 2. The molecule has 0 aliphatic carbocycles. The Morgan fingerprint density at radius 3 is 2.29 bits per heavy atom. The van der Waals surface area contributed by atoms with Crippen LogP contribution in [0, 0.1) is 24.2 Å². The van der Waals surface area contributed by atoms with Crippen molar-refractivity contribution < 1.29 is 29.1 Å². The molecular weight excluding hydrogens is 923 g/mol. The number of piperidine rings is 3. The van der Waals surface area contributed by atoms with Gasteiger partial charge in [0.2, 0.25) is 11.8 Å². The van der Waals surface area contributed by atoms with Crippen LogP contribution in [0.25, 0.3) is 11.3 Å². The van der Waals surface area contributed by atoms with Crippen LogP contribution in [0.4, 0.5) is 11.5 Å². The summed E-state index contributed by atoms with van der Waals surface area (Å²) in [5, 5.41) is 40.8. The number of terminal acetylenes is 1. The second-order valence-corrected chi connectivity index (χ2v) is 21.8. The number of rotatable bonds is 15. The van der Waals surface area contributed by atoms with E-state index in [2.05, 4.69) is 62.5 Å². The molecule has 6 aliphatic rings. The van der Waals surface area contributed by atoms with Gasteiger partial charge in [-0.1, -0.05) is 44.0 Å². The fourth-order valence-corrected chi connectivity index (χ4v) is 12.6. The number of piperazine rings is 1. The lowest BCUT2D eigenvalue weighted by molar-refractivity contribution is -0.141. The van der Waals surface area contributed by atoms with Gasteiger partial charge in [-0.05, 0) is 138 Å². The molecule has 8 heterocycles. The number of fused-ring (bicyclic) bond motifs is 3. The maximum absolute atomic E-state index is 14.2. The smallest absolute Gasteiger partial charge is 0.254 e. The highest BCUT2D eigenvalue weighted by molar-refractivity contribution is 5.91. The lowest BCUT2D eigenvalue weighted by Gasteiger charge is -2.47. The lowest BCUT2D eigenvalue weighted by atomic mass is 9.91. The molecule has 6 aliphatic heterocycles. The first-order valence-corrected chi connectivity index (χ1v) is 27.0. The summed E-state index contributed by atoms with van der Waals surface area (Å²) in [6.07, 6.45) is 12.3. The van der Waals surface area contributed by atoms with Crippen LogP contribution in [-0.4, -0.2) is 184 Å². The van der Waals surface area contributed by atoms with Crippen molar-refractivity contribution in [3.8, 4) is 35.2 Å². The summed E-state index contributed by atoms with van der Waals surface area (Å²) in [6.45, 7) is 19.1. The Bertz CT molecular complexity index is 2540. The van der Waals surface area contributed by atoms with Crippen molar-refractivity contribution >= 4 is 23.3 Å². The molecule has 73 heavy (non-hydrogen) atoms. The van der Waals surface area contributed by atoms with Gasteiger partial charge in [0.25, 0.3) is 5.88 Å². The quantitative estimate of drug-likeness (QED) is 0.117. The number of para-hydroxylation sites is 1. The fraction of sp³-hybridized carbons (Fsp3) is 0.589. The number of aliphatic hydroxyl groups is 1. The third kappa shape index (κ3) is 11.6. The molecule has 0 radical (unpaired) electrons. The number of β-amino-alcohol motifs (C(OH)–C–C–N with tert-alkyl or cyclic N) is 1. The predicted octanol–water partition coefficient (Wildman–Crippen LogP) is 5.03. The molecule has 5 atom stereocenters. The van der Waals surface area contributed by atoms with Crippen LogP contribution in [0.1, 0.15) is 94.6 Å². The van der Waals surface area contributed by atoms with Crippen molar-refractivity contribution in [1.29, 1.82) is 0 Å². The third-order valence-corrected chi connectivity index (χ3v) is 16.8. The number of benzene rings is 2. The lowest BCUT2D eigenvalue weighted by Crippen LogP contribution is -2.58. The van der Waals surface area contributed by atoms with Crippen molar-refractivity contribution in [2.45, 2.75) is 108 Å². The van der Waals surface area contributed by atoms with E-state index in [4.69, 9.17) is 15.7 Å². The Morgan fingerprint density at radius 1 is 0.863 bits per heavy atom. The zero-order valence-electron chi connectivity index (χ0n) is 42.9. The molecule has 0 spiro atoms. The van der Waals surface area contributed by atoms with Crippen LogP contribution in [0.3, 0.4) is 0 Å². The standard InChI is InChI=1S/C56H75N11O6/c1-5-39-10-12-41(13-11-39)38(4)58-55(70)49-30-45(68)36-67(49)56(71)53(37(2)3)51-32-52(61-73-51)72-29-28-62-20-16-42(17-21-62)65-24-18-43(19-25-65)64-22-14-40(15-23-64)34-63-26-27-66-44(35-63)33-57-54-48(66)31-47(59-60-54)46-8-6-7-9-50(46)69/h1,6-13,31-32,37-38,40,42-45,49,53,68-69H,14-30,33-36H2,2-4H3,(H,57,60)(H,58,70)/t38-,44-,45+,49-,53+/m0/s1. The van der Waals surface area contributed by atoms with Crippen LogP contribution in [0.5, 0.6) is 11.6 Å². The number of nitrogens with one attached hydrogen (secondary N) is 2. The highest BCUT2D eigenvalue weighted by Gasteiger charge is 2.44. The highest BCUT2D eigenvalue weighted by Crippen LogP contribution is 2.37. The molecule has 2 aromatic carbocycles. The summed E-state index contributed by atoms with van der Waals surface area (Å²) in [6, 6.07) is 19.1. The number of aliphatic hydroxyl groups excluding tert-OH is 1. The molecule has 5 fully saturated rings. The molecule has 5 saturated heterocycles. The Hall–Kier alpha value is -5.77. The highest BCUT2D eigenvalue weighted by atomic mass is 16.5. The van der Waals surface area contributed by atoms with Gasteiger partial charge in [-0.3, -0.25) is 19.4 Å².